The normalized spacial score (nSPS) is 13.2. The molecule has 0 aliphatic rings. The minimum atomic E-state index is 0.523. The zero-order valence-electron chi connectivity index (χ0n) is 11.6. The standard InChI is InChI=1S/C13H26N4/c1-5-14-12(7-9-16(3)4)11-13-15-8-10-17(13)6-2/h8,10,12,14H,5-7,9,11H2,1-4H3. The number of aryl methyl sites for hydroxylation is 1. The summed E-state index contributed by atoms with van der Waals surface area (Å²) in [7, 11) is 4.24. The van der Waals surface area contributed by atoms with Crippen LogP contribution in [0.25, 0.3) is 0 Å². The summed E-state index contributed by atoms with van der Waals surface area (Å²) in [5.41, 5.74) is 0. The molecule has 0 bridgehead atoms. The van der Waals surface area contributed by atoms with E-state index in [1.54, 1.807) is 0 Å². The highest BCUT2D eigenvalue weighted by Crippen LogP contribution is 2.05. The lowest BCUT2D eigenvalue weighted by molar-refractivity contribution is 0.355. The second kappa shape index (κ2) is 7.45. The third-order valence-electron chi connectivity index (χ3n) is 2.99. The van der Waals surface area contributed by atoms with Gasteiger partial charge in [-0.15, -0.1) is 0 Å². The van der Waals surface area contributed by atoms with Gasteiger partial charge in [-0.05, 0) is 40.5 Å². The van der Waals surface area contributed by atoms with Gasteiger partial charge in [0.2, 0.25) is 0 Å². The molecule has 1 rings (SSSR count). The highest BCUT2D eigenvalue weighted by molar-refractivity contribution is 4.95. The molecule has 17 heavy (non-hydrogen) atoms. The van der Waals surface area contributed by atoms with Crippen molar-refractivity contribution in [1.29, 1.82) is 0 Å². The number of aromatic nitrogens is 2. The SMILES string of the molecule is CCNC(CCN(C)C)Cc1nccn1CC. The highest BCUT2D eigenvalue weighted by atomic mass is 15.1. The Hall–Kier alpha value is -0.870. The van der Waals surface area contributed by atoms with Gasteiger partial charge in [-0.1, -0.05) is 6.92 Å². The Bertz CT molecular complexity index is 306. The van der Waals surface area contributed by atoms with Crippen LogP contribution in [0.2, 0.25) is 0 Å². The molecule has 0 aliphatic carbocycles. The fourth-order valence-corrected chi connectivity index (χ4v) is 2.02. The quantitative estimate of drug-likeness (QED) is 0.742. The third-order valence-corrected chi connectivity index (χ3v) is 2.99. The van der Waals surface area contributed by atoms with Gasteiger partial charge in [0.1, 0.15) is 5.82 Å². The number of hydrogen-bond donors (Lipinski definition) is 1. The summed E-state index contributed by atoms with van der Waals surface area (Å²) in [6, 6.07) is 0.523. The van der Waals surface area contributed by atoms with Gasteiger partial charge in [0.15, 0.2) is 0 Å². The number of nitrogens with one attached hydrogen (secondary N) is 1. The molecule has 1 aromatic rings. The van der Waals surface area contributed by atoms with Crippen LogP contribution in [0.3, 0.4) is 0 Å². The van der Waals surface area contributed by atoms with Crippen molar-refractivity contribution >= 4 is 0 Å². The van der Waals surface area contributed by atoms with Crippen molar-refractivity contribution in [2.75, 3.05) is 27.2 Å². The maximum absolute atomic E-state index is 4.45. The van der Waals surface area contributed by atoms with E-state index < -0.39 is 0 Å². The van der Waals surface area contributed by atoms with Gasteiger partial charge in [-0.2, -0.15) is 0 Å². The van der Waals surface area contributed by atoms with Gasteiger partial charge in [0.25, 0.3) is 0 Å². The Morgan fingerprint density at radius 1 is 1.41 bits per heavy atom. The summed E-state index contributed by atoms with van der Waals surface area (Å²) in [5.74, 6) is 1.19. The zero-order valence-corrected chi connectivity index (χ0v) is 11.6. The van der Waals surface area contributed by atoms with Crippen LogP contribution >= 0.6 is 0 Å². The van der Waals surface area contributed by atoms with E-state index in [9.17, 15) is 0 Å². The van der Waals surface area contributed by atoms with Crippen molar-refractivity contribution in [1.82, 2.24) is 19.8 Å². The van der Waals surface area contributed by atoms with Gasteiger partial charge in [-0.3, -0.25) is 0 Å². The molecule has 0 aliphatic heterocycles. The number of hydrogen-bond acceptors (Lipinski definition) is 3. The largest absolute Gasteiger partial charge is 0.335 e. The van der Waals surface area contributed by atoms with E-state index in [-0.39, 0.29) is 0 Å². The zero-order chi connectivity index (χ0) is 12.7. The molecule has 0 aromatic carbocycles. The summed E-state index contributed by atoms with van der Waals surface area (Å²) in [6.07, 6.45) is 6.14. The molecule has 4 nitrogen and oxygen atoms in total. The predicted molar refractivity (Wildman–Crippen MR) is 72.2 cm³/mol. The molecule has 1 heterocycles. The molecule has 1 aromatic heterocycles. The van der Waals surface area contributed by atoms with Crippen LogP contribution < -0.4 is 5.32 Å². The number of rotatable bonds is 8. The van der Waals surface area contributed by atoms with Gasteiger partial charge in [-0.25, -0.2) is 4.98 Å². The van der Waals surface area contributed by atoms with Gasteiger partial charge in [0, 0.05) is 31.4 Å². The lowest BCUT2D eigenvalue weighted by Gasteiger charge is -2.20. The second-order valence-electron chi connectivity index (χ2n) is 4.68. The molecular weight excluding hydrogens is 212 g/mol. The summed E-state index contributed by atoms with van der Waals surface area (Å²) in [6.45, 7) is 7.46. The van der Waals surface area contributed by atoms with Crippen LogP contribution in [0.5, 0.6) is 0 Å². The van der Waals surface area contributed by atoms with E-state index in [1.807, 2.05) is 6.20 Å². The summed E-state index contributed by atoms with van der Waals surface area (Å²) in [4.78, 5) is 6.68. The lowest BCUT2D eigenvalue weighted by Crippen LogP contribution is -2.34. The molecule has 4 heteroatoms. The molecule has 1 unspecified atom stereocenters. The molecule has 0 amide bonds. The number of nitrogens with zero attached hydrogens (tertiary/aromatic N) is 3. The maximum atomic E-state index is 4.45. The van der Waals surface area contributed by atoms with Crippen LogP contribution in [-0.4, -0.2) is 47.7 Å². The fourth-order valence-electron chi connectivity index (χ4n) is 2.02. The molecule has 1 N–H and O–H groups in total. The Labute approximate surface area is 105 Å². The van der Waals surface area contributed by atoms with Crippen molar-refractivity contribution in [3.63, 3.8) is 0 Å². The second-order valence-corrected chi connectivity index (χ2v) is 4.68. The van der Waals surface area contributed by atoms with Crippen molar-refractivity contribution < 1.29 is 0 Å². The van der Waals surface area contributed by atoms with E-state index >= 15 is 0 Å². The molecular formula is C13H26N4. The minimum absolute atomic E-state index is 0.523. The summed E-state index contributed by atoms with van der Waals surface area (Å²) in [5, 5.41) is 3.55. The van der Waals surface area contributed by atoms with E-state index in [4.69, 9.17) is 0 Å². The Kier molecular flexibility index (Phi) is 6.22. The van der Waals surface area contributed by atoms with Crippen molar-refractivity contribution in [2.45, 2.75) is 39.3 Å². The Morgan fingerprint density at radius 2 is 2.18 bits per heavy atom. The molecule has 0 fully saturated rings. The summed E-state index contributed by atoms with van der Waals surface area (Å²) >= 11 is 0. The van der Waals surface area contributed by atoms with Crippen molar-refractivity contribution in [3.8, 4) is 0 Å². The Morgan fingerprint density at radius 3 is 2.76 bits per heavy atom. The van der Waals surface area contributed by atoms with E-state index in [0.29, 0.717) is 6.04 Å². The first-order valence-electron chi connectivity index (χ1n) is 6.55. The average Bonchev–Trinajstić information content (AvgIpc) is 2.73. The van der Waals surface area contributed by atoms with Gasteiger partial charge < -0.3 is 14.8 Å². The fraction of sp³-hybridized carbons (Fsp3) is 0.769. The van der Waals surface area contributed by atoms with Crippen LogP contribution in [0.4, 0.5) is 0 Å². The minimum Gasteiger partial charge on any atom is -0.335 e. The molecule has 1 atom stereocenters. The first kappa shape index (κ1) is 14.2. The molecule has 98 valence electrons. The highest BCUT2D eigenvalue weighted by Gasteiger charge is 2.12. The van der Waals surface area contributed by atoms with E-state index in [0.717, 1.165) is 32.5 Å². The third kappa shape index (κ3) is 4.88. The molecule has 0 saturated carbocycles. The average molecular weight is 238 g/mol. The van der Waals surface area contributed by atoms with Crippen molar-refractivity contribution in [3.05, 3.63) is 18.2 Å². The van der Waals surface area contributed by atoms with E-state index in [1.165, 1.54) is 5.82 Å². The van der Waals surface area contributed by atoms with Gasteiger partial charge in [0.05, 0.1) is 0 Å². The summed E-state index contributed by atoms with van der Waals surface area (Å²) < 4.78 is 2.22. The lowest BCUT2D eigenvalue weighted by atomic mass is 10.1. The number of imidazole rings is 1. The molecule has 0 spiro atoms. The molecule has 0 radical (unpaired) electrons. The van der Waals surface area contributed by atoms with Crippen LogP contribution in [-0.2, 0) is 13.0 Å². The van der Waals surface area contributed by atoms with Crippen molar-refractivity contribution in [2.24, 2.45) is 0 Å². The van der Waals surface area contributed by atoms with Gasteiger partial charge >= 0.3 is 0 Å². The molecule has 0 saturated heterocycles. The Balaban J connectivity index is 2.53. The van der Waals surface area contributed by atoms with Crippen LogP contribution in [0, 0.1) is 0 Å². The predicted octanol–water partition coefficient (Wildman–Crippen LogP) is 1.38. The first-order chi connectivity index (χ1) is 8.17. The topological polar surface area (TPSA) is 33.1 Å². The van der Waals surface area contributed by atoms with Crippen LogP contribution in [0.1, 0.15) is 26.1 Å². The first-order valence-corrected chi connectivity index (χ1v) is 6.55. The monoisotopic (exact) mass is 238 g/mol. The smallest absolute Gasteiger partial charge is 0.110 e. The van der Waals surface area contributed by atoms with Crippen LogP contribution in [0.15, 0.2) is 12.4 Å². The number of likely N-dealkylation sites (N-methyl/N-ethyl adjacent to an activating group) is 1. The maximum Gasteiger partial charge on any atom is 0.110 e. The van der Waals surface area contributed by atoms with E-state index in [2.05, 4.69) is 53.9 Å².